The van der Waals surface area contributed by atoms with Gasteiger partial charge in [0.15, 0.2) is 0 Å². The number of ketones is 1. The third kappa shape index (κ3) is 8.83. The molecule has 2 aliphatic rings. The van der Waals surface area contributed by atoms with Crippen LogP contribution >= 0.6 is 0 Å². The number of ether oxygens (including phenoxy) is 2. The average Bonchev–Trinajstić information content (AvgIpc) is 3.31. The maximum Gasteiger partial charge on any atom is 0.224 e. The van der Waals surface area contributed by atoms with Gasteiger partial charge in [-0.05, 0) is 31.9 Å². The van der Waals surface area contributed by atoms with E-state index in [0.717, 1.165) is 44.7 Å². The van der Waals surface area contributed by atoms with E-state index in [1.54, 1.807) is 0 Å². The Hall–Kier alpha value is -2.37. The van der Waals surface area contributed by atoms with Gasteiger partial charge in [0.25, 0.3) is 0 Å². The average molecular weight is 587 g/mol. The second-order valence-corrected chi connectivity index (χ2v) is 11.4. The Balaban J connectivity index is 0.00000237. The summed E-state index contributed by atoms with van der Waals surface area (Å²) in [6, 6.07) is 4.82. The number of pyridine rings is 1. The van der Waals surface area contributed by atoms with E-state index >= 15 is 0 Å². The van der Waals surface area contributed by atoms with Crippen molar-refractivity contribution >= 4 is 22.7 Å². The van der Waals surface area contributed by atoms with E-state index in [-0.39, 0.29) is 23.7 Å². The van der Waals surface area contributed by atoms with Crippen molar-refractivity contribution in [2.75, 3.05) is 60.2 Å². The van der Waals surface area contributed by atoms with E-state index in [1.165, 1.54) is 16.6 Å². The second kappa shape index (κ2) is 17.1. The molecule has 2 aliphatic heterocycles. The van der Waals surface area contributed by atoms with Gasteiger partial charge >= 0.3 is 0 Å². The third-order valence-electron chi connectivity index (χ3n) is 8.45. The SMILES string of the molecule is CC.CC(C)C(=O)CCOCCOCCNC1CCN(C(=O)CCn2c3c(c4cccnc42)C(C)N(C)N(C)C3)CC1. The fourth-order valence-corrected chi connectivity index (χ4v) is 5.76. The highest BCUT2D eigenvalue weighted by Gasteiger charge is 2.31. The van der Waals surface area contributed by atoms with Crippen LogP contribution in [-0.4, -0.2) is 102 Å². The predicted molar refractivity (Wildman–Crippen MR) is 167 cm³/mol. The second-order valence-electron chi connectivity index (χ2n) is 11.4. The topological polar surface area (TPSA) is 92.2 Å². The Morgan fingerprint density at radius 3 is 2.43 bits per heavy atom. The maximum absolute atomic E-state index is 13.2. The van der Waals surface area contributed by atoms with E-state index in [2.05, 4.69) is 47.0 Å². The van der Waals surface area contributed by atoms with E-state index < -0.39 is 0 Å². The molecule has 1 fully saturated rings. The normalized spacial score (nSPS) is 18.3. The lowest BCUT2D eigenvalue weighted by Gasteiger charge is -2.39. The van der Waals surface area contributed by atoms with Gasteiger partial charge in [-0.15, -0.1) is 0 Å². The summed E-state index contributed by atoms with van der Waals surface area (Å²) in [4.78, 5) is 31.5. The molecule has 0 saturated carbocycles. The van der Waals surface area contributed by atoms with Crippen LogP contribution in [0.5, 0.6) is 0 Å². The first-order valence-corrected chi connectivity index (χ1v) is 15.9. The van der Waals surface area contributed by atoms with Gasteiger partial charge in [0.2, 0.25) is 5.91 Å². The van der Waals surface area contributed by atoms with Crippen LogP contribution in [0.4, 0.5) is 0 Å². The van der Waals surface area contributed by atoms with Gasteiger partial charge in [0.1, 0.15) is 11.4 Å². The number of piperidine rings is 1. The molecule has 0 aliphatic carbocycles. The number of likely N-dealkylation sites (tertiary alicyclic amines) is 1. The van der Waals surface area contributed by atoms with Crippen LogP contribution in [0.15, 0.2) is 18.3 Å². The summed E-state index contributed by atoms with van der Waals surface area (Å²) in [5, 5.41) is 9.26. The van der Waals surface area contributed by atoms with E-state index in [9.17, 15) is 9.59 Å². The molecule has 1 N–H and O–H groups in total. The molecule has 10 nitrogen and oxygen atoms in total. The van der Waals surface area contributed by atoms with Crippen molar-refractivity contribution < 1.29 is 19.1 Å². The molecule has 10 heteroatoms. The summed E-state index contributed by atoms with van der Waals surface area (Å²) < 4.78 is 13.4. The molecule has 1 amide bonds. The number of nitrogens with zero attached hydrogens (tertiary/aromatic N) is 5. The molecule has 4 rings (SSSR count). The smallest absolute Gasteiger partial charge is 0.224 e. The van der Waals surface area contributed by atoms with E-state index in [4.69, 9.17) is 14.5 Å². The maximum atomic E-state index is 13.2. The third-order valence-corrected chi connectivity index (χ3v) is 8.45. The first-order valence-electron chi connectivity index (χ1n) is 15.9. The Labute approximate surface area is 252 Å². The van der Waals surface area contributed by atoms with Gasteiger partial charge in [0, 0.05) is 94.0 Å². The Morgan fingerprint density at radius 2 is 1.74 bits per heavy atom. The number of rotatable bonds is 14. The number of Topliss-reactive ketones (excluding diaryl/α,β-unsaturated/α-hetero) is 1. The first-order chi connectivity index (χ1) is 20.3. The highest BCUT2D eigenvalue weighted by Crippen LogP contribution is 2.37. The van der Waals surface area contributed by atoms with E-state index in [1.807, 2.05) is 44.9 Å². The number of fused-ring (bicyclic) bond motifs is 3. The van der Waals surface area contributed by atoms with Crippen molar-refractivity contribution in [2.45, 2.75) is 85.5 Å². The van der Waals surface area contributed by atoms with Gasteiger partial charge in [-0.1, -0.05) is 27.7 Å². The van der Waals surface area contributed by atoms with Gasteiger partial charge in [-0.25, -0.2) is 15.0 Å². The van der Waals surface area contributed by atoms with Crippen molar-refractivity contribution in [2.24, 2.45) is 5.92 Å². The predicted octanol–water partition coefficient (Wildman–Crippen LogP) is 4.03. The Kier molecular flexibility index (Phi) is 13.9. The molecular formula is C32H54N6O4. The lowest BCUT2D eigenvalue weighted by atomic mass is 10.0. The molecule has 1 unspecified atom stereocenters. The molecule has 0 spiro atoms. The number of carbonyl (C=O) groups is 2. The lowest BCUT2D eigenvalue weighted by Crippen LogP contribution is -2.45. The standard InChI is InChI=1S/C30H48N6O4.C2H6/c1-22(2)27(37)11-17-39-19-20-40-18-13-31-24-8-14-35(15-9-24)28(38)10-16-36-26-21-33(4)34(5)23(3)29(26)25-7-6-12-32-30(25)36;1-2/h6-7,12,22-24,31H,8-11,13-21H2,1-5H3;1-2H3. The van der Waals surface area contributed by atoms with Crippen molar-refractivity contribution in [3.63, 3.8) is 0 Å². The minimum absolute atomic E-state index is 0.0680. The zero-order valence-corrected chi connectivity index (χ0v) is 27.0. The molecule has 0 aromatic carbocycles. The fourth-order valence-electron chi connectivity index (χ4n) is 5.76. The quantitative estimate of drug-likeness (QED) is 0.332. The van der Waals surface area contributed by atoms with Crippen LogP contribution in [0.1, 0.15) is 77.6 Å². The molecule has 236 valence electrons. The van der Waals surface area contributed by atoms with Crippen molar-refractivity contribution in [1.29, 1.82) is 0 Å². The highest BCUT2D eigenvalue weighted by atomic mass is 16.5. The largest absolute Gasteiger partial charge is 0.379 e. The zero-order valence-electron chi connectivity index (χ0n) is 27.0. The van der Waals surface area contributed by atoms with E-state index in [0.29, 0.717) is 51.9 Å². The molecular weight excluding hydrogens is 532 g/mol. The monoisotopic (exact) mass is 586 g/mol. The van der Waals surface area contributed by atoms with Crippen molar-refractivity contribution in [1.82, 2.24) is 29.8 Å². The molecule has 2 aromatic rings. The summed E-state index contributed by atoms with van der Waals surface area (Å²) in [6.07, 6.45) is 4.71. The molecule has 4 heterocycles. The number of hydrogen-bond donors (Lipinski definition) is 1. The highest BCUT2D eigenvalue weighted by molar-refractivity contribution is 5.83. The fraction of sp³-hybridized carbons (Fsp3) is 0.719. The molecule has 1 atom stereocenters. The summed E-state index contributed by atoms with van der Waals surface area (Å²) >= 11 is 0. The number of amides is 1. The summed E-state index contributed by atoms with van der Waals surface area (Å²) in [5.41, 5.74) is 3.58. The number of hydrazine groups is 1. The molecule has 1 saturated heterocycles. The zero-order chi connectivity index (χ0) is 30.6. The minimum atomic E-state index is 0.0680. The van der Waals surface area contributed by atoms with Crippen molar-refractivity contribution in [3.05, 3.63) is 29.6 Å². The van der Waals surface area contributed by atoms with Crippen LogP contribution in [0.2, 0.25) is 0 Å². The Morgan fingerprint density at radius 1 is 1.05 bits per heavy atom. The molecule has 0 radical (unpaired) electrons. The number of aromatic nitrogens is 2. The van der Waals surface area contributed by atoms with Crippen LogP contribution in [0.25, 0.3) is 11.0 Å². The molecule has 42 heavy (non-hydrogen) atoms. The lowest BCUT2D eigenvalue weighted by molar-refractivity contribution is -0.132. The summed E-state index contributed by atoms with van der Waals surface area (Å²) in [5.74, 6) is 0.523. The molecule has 2 aromatic heterocycles. The first kappa shape index (κ1) is 34.1. The van der Waals surface area contributed by atoms with Crippen LogP contribution < -0.4 is 5.32 Å². The Bertz CT molecular complexity index is 1130. The van der Waals surface area contributed by atoms with Gasteiger partial charge in [0.05, 0.1) is 33.0 Å². The van der Waals surface area contributed by atoms with Crippen LogP contribution in [-0.2, 0) is 32.2 Å². The van der Waals surface area contributed by atoms with Gasteiger partial charge in [-0.2, -0.15) is 0 Å². The summed E-state index contributed by atoms with van der Waals surface area (Å²) in [7, 11) is 4.23. The van der Waals surface area contributed by atoms with Gasteiger partial charge in [-0.3, -0.25) is 9.59 Å². The number of aryl methyl sites for hydroxylation is 1. The van der Waals surface area contributed by atoms with Crippen LogP contribution in [0, 0.1) is 5.92 Å². The molecule has 0 bridgehead atoms. The number of nitrogens with one attached hydrogen (secondary N) is 1. The number of hydrogen-bond acceptors (Lipinski definition) is 8. The number of carbonyl (C=O) groups excluding carboxylic acids is 2. The van der Waals surface area contributed by atoms with Crippen molar-refractivity contribution in [3.8, 4) is 0 Å². The summed E-state index contributed by atoms with van der Waals surface area (Å²) in [6.45, 7) is 16.0. The van der Waals surface area contributed by atoms with Crippen LogP contribution in [0.3, 0.4) is 0 Å². The van der Waals surface area contributed by atoms with Gasteiger partial charge < -0.3 is 24.3 Å². The minimum Gasteiger partial charge on any atom is -0.379 e.